The fraction of sp³-hybridized carbons (Fsp3) is 0.429. The normalized spacial score (nSPS) is 16.9. The lowest BCUT2D eigenvalue weighted by Crippen LogP contribution is -2.38. The molecule has 5 heteroatoms. The van der Waals surface area contributed by atoms with Gasteiger partial charge in [-0.3, -0.25) is 9.59 Å². The van der Waals surface area contributed by atoms with Gasteiger partial charge in [-0.25, -0.2) is 4.39 Å². The van der Waals surface area contributed by atoms with Crippen molar-refractivity contribution >= 4 is 11.8 Å². The Labute approximate surface area is 111 Å². The fourth-order valence-electron chi connectivity index (χ4n) is 2.33. The molecule has 0 spiro atoms. The summed E-state index contributed by atoms with van der Waals surface area (Å²) >= 11 is 0. The lowest BCUT2D eigenvalue weighted by molar-refractivity contribution is -0.133. The predicted octanol–water partition coefficient (Wildman–Crippen LogP) is 1.41. The van der Waals surface area contributed by atoms with E-state index in [1.807, 2.05) is 6.07 Å². The minimum absolute atomic E-state index is 0.0243. The van der Waals surface area contributed by atoms with Crippen LogP contribution in [0.25, 0.3) is 0 Å². The number of carbonyl (C=O) groups is 2. The second-order valence-corrected chi connectivity index (χ2v) is 4.84. The van der Waals surface area contributed by atoms with E-state index in [1.54, 1.807) is 13.1 Å². The standard InChI is InChI=1S/C14H17FN2O2/c1-9(18)17(2)8-14(19)16-13-7-6-10-11(13)4-3-5-12(10)15/h3-5,13H,6-8H2,1-2H3,(H,16,19). The first-order valence-corrected chi connectivity index (χ1v) is 6.27. The molecule has 1 aliphatic rings. The van der Waals surface area contributed by atoms with E-state index < -0.39 is 0 Å². The summed E-state index contributed by atoms with van der Waals surface area (Å²) < 4.78 is 13.6. The van der Waals surface area contributed by atoms with Gasteiger partial charge in [-0.1, -0.05) is 12.1 Å². The summed E-state index contributed by atoms with van der Waals surface area (Å²) in [6.45, 7) is 1.43. The molecule has 0 radical (unpaired) electrons. The maximum atomic E-state index is 13.6. The van der Waals surface area contributed by atoms with Gasteiger partial charge < -0.3 is 10.2 Å². The van der Waals surface area contributed by atoms with Gasteiger partial charge in [0.05, 0.1) is 12.6 Å². The lowest BCUT2D eigenvalue weighted by Gasteiger charge is -2.18. The predicted molar refractivity (Wildman–Crippen MR) is 68.9 cm³/mol. The van der Waals surface area contributed by atoms with Crippen LogP contribution in [0.4, 0.5) is 4.39 Å². The minimum atomic E-state index is -0.222. The highest BCUT2D eigenvalue weighted by atomic mass is 19.1. The average molecular weight is 264 g/mol. The molecule has 0 heterocycles. The van der Waals surface area contributed by atoms with Crippen molar-refractivity contribution in [2.24, 2.45) is 0 Å². The highest BCUT2D eigenvalue weighted by Gasteiger charge is 2.26. The van der Waals surface area contributed by atoms with E-state index in [0.717, 1.165) is 5.56 Å². The van der Waals surface area contributed by atoms with E-state index in [4.69, 9.17) is 0 Å². The molecule has 1 aliphatic carbocycles. The van der Waals surface area contributed by atoms with Gasteiger partial charge in [0.1, 0.15) is 5.82 Å². The summed E-state index contributed by atoms with van der Waals surface area (Å²) in [6.07, 6.45) is 1.33. The number of halogens is 1. The van der Waals surface area contributed by atoms with Crippen molar-refractivity contribution < 1.29 is 14.0 Å². The molecule has 102 valence electrons. The number of fused-ring (bicyclic) bond motifs is 1. The van der Waals surface area contributed by atoms with Crippen LogP contribution >= 0.6 is 0 Å². The van der Waals surface area contributed by atoms with Crippen LogP contribution in [0.2, 0.25) is 0 Å². The van der Waals surface area contributed by atoms with Gasteiger partial charge in [-0.2, -0.15) is 0 Å². The molecule has 2 rings (SSSR count). The summed E-state index contributed by atoms with van der Waals surface area (Å²) in [5, 5.41) is 2.85. The number of rotatable bonds is 3. The maximum Gasteiger partial charge on any atom is 0.240 e. The molecule has 1 aromatic rings. The fourth-order valence-corrected chi connectivity index (χ4v) is 2.33. The number of nitrogens with zero attached hydrogens (tertiary/aromatic N) is 1. The molecule has 0 saturated carbocycles. The van der Waals surface area contributed by atoms with Crippen LogP contribution in [0.1, 0.15) is 30.5 Å². The maximum absolute atomic E-state index is 13.6. The van der Waals surface area contributed by atoms with Gasteiger partial charge in [0.2, 0.25) is 11.8 Å². The molecule has 2 amide bonds. The van der Waals surface area contributed by atoms with Crippen LogP contribution in [0, 0.1) is 5.82 Å². The van der Waals surface area contributed by atoms with Gasteiger partial charge in [-0.05, 0) is 30.0 Å². The third-order valence-electron chi connectivity index (χ3n) is 3.47. The van der Waals surface area contributed by atoms with Crippen molar-refractivity contribution in [3.8, 4) is 0 Å². The van der Waals surface area contributed by atoms with Gasteiger partial charge in [-0.15, -0.1) is 0 Å². The number of carbonyl (C=O) groups excluding carboxylic acids is 2. The highest BCUT2D eigenvalue weighted by Crippen LogP contribution is 2.32. The van der Waals surface area contributed by atoms with Crippen molar-refractivity contribution in [2.75, 3.05) is 13.6 Å². The molecule has 1 unspecified atom stereocenters. The Hall–Kier alpha value is -1.91. The molecular weight excluding hydrogens is 247 g/mol. The van der Waals surface area contributed by atoms with Gasteiger partial charge in [0.15, 0.2) is 0 Å². The van der Waals surface area contributed by atoms with Crippen LogP contribution in [-0.2, 0) is 16.0 Å². The molecule has 0 saturated heterocycles. The second-order valence-electron chi connectivity index (χ2n) is 4.84. The smallest absolute Gasteiger partial charge is 0.240 e. The van der Waals surface area contributed by atoms with Crippen LogP contribution in [0.3, 0.4) is 0 Å². The Morgan fingerprint density at radius 3 is 2.89 bits per heavy atom. The molecule has 0 fully saturated rings. The minimum Gasteiger partial charge on any atom is -0.348 e. The van der Waals surface area contributed by atoms with E-state index in [9.17, 15) is 14.0 Å². The first kappa shape index (κ1) is 13.5. The Bertz CT molecular complexity index is 516. The van der Waals surface area contributed by atoms with Crippen molar-refractivity contribution in [1.29, 1.82) is 0 Å². The third kappa shape index (κ3) is 2.92. The van der Waals surface area contributed by atoms with Crippen LogP contribution in [-0.4, -0.2) is 30.3 Å². The second kappa shape index (κ2) is 5.38. The Morgan fingerprint density at radius 1 is 1.47 bits per heavy atom. The SMILES string of the molecule is CC(=O)N(C)CC(=O)NC1CCc2c(F)cccc21. The number of benzene rings is 1. The number of hydrogen-bond donors (Lipinski definition) is 1. The summed E-state index contributed by atoms with van der Waals surface area (Å²) in [6, 6.07) is 4.77. The molecule has 1 aromatic carbocycles. The summed E-state index contributed by atoms with van der Waals surface area (Å²) in [7, 11) is 1.57. The Kier molecular flexibility index (Phi) is 3.83. The monoisotopic (exact) mass is 264 g/mol. The zero-order valence-electron chi connectivity index (χ0n) is 11.1. The Morgan fingerprint density at radius 2 is 2.21 bits per heavy atom. The van der Waals surface area contributed by atoms with Crippen molar-refractivity contribution in [1.82, 2.24) is 10.2 Å². The third-order valence-corrected chi connectivity index (χ3v) is 3.47. The zero-order valence-corrected chi connectivity index (χ0v) is 11.1. The van der Waals surface area contributed by atoms with Crippen LogP contribution < -0.4 is 5.32 Å². The van der Waals surface area contributed by atoms with Gasteiger partial charge in [0, 0.05) is 14.0 Å². The topological polar surface area (TPSA) is 49.4 Å². The summed E-state index contributed by atoms with van der Waals surface area (Å²) in [5.41, 5.74) is 1.53. The molecule has 1 atom stereocenters. The molecule has 4 nitrogen and oxygen atoms in total. The van der Waals surface area contributed by atoms with Crippen molar-refractivity contribution in [2.45, 2.75) is 25.8 Å². The van der Waals surface area contributed by atoms with Crippen LogP contribution in [0.15, 0.2) is 18.2 Å². The number of nitrogens with one attached hydrogen (secondary N) is 1. The number of hydrogen-bond acceptors (Lipinski definition) is 2. The first-order chi connectivity index (χ1) is 8.99. The number of likely N-dealkylation sites (N-methyl/N-ethyl adjacent to an activating group) is 1. The number of amides is 2. The quantitative estimate of drug-likeness (QED) is 0.897. The van der Waals surface area contributed by atoms with Crippen molar-refractivity contribution in [3.05, 3.63) is 35.1 Å². The van der Waals surface area contributed by atoms with E-state index in [0.29, 0.717) is 18.4 Å². The zero-order chi connectivity index (χ0) is 14.0. The summed E-state index contributed by atoms with van der Waals surface area (Å²) in [4.78, 5) is 24.2. The first-order valence-electron chi connectivity index (χ1n) is 6.27. The van der Waals surface area contributed by atoms with E-state index in [2.05, 4.69) is 5.32 Å². The van der Waals surface area contributed by atoms with E-state index >= 15 is 0 Å². The van der Waals surface area contributed by atoms with Gasteiger partial charge in [0.25, 0.3) is 0 Å². The van der Waals surface area contributed by atoms with E-state index in [-0.39, 0.29) is 30.2 Å². The van der Waals surface area contributed by atoms with Crippen molar-refractivity contribution in [3.63, 3.8) is 0 Å². The molecule has 0 aliphatic heterocycles. The van der Waals surface area contributed by atoms with E-state index in [1.165, 1.54) is 17.9 Å². The largest absolute Gasteiger partial charge is 0.348 e. The van der Waals surface area contributed by atoms with Crippen LogP contribution in [0.5, 0.6) is 0 Å². The average Bonchev–Trinajstić information content (AvgIpc) is 2.73. The molecule has 19 heavy (non-hydrogen) atoms. The molecular formula is C14H17FN2O2. The highest BCUT2D eigenvalue weighted by molar-refractivity contribution is 5.83. The molecule has 0 bridgehead atoms. The summed E-state index contributed by atoms with van der Waals surface area (Å²) in [5.74, 6) is -0.595. The van der Waals surface area contributed by atoms with Gasteiger partial charge >= 0.3 is 0 Å². The Balaban J connectivity index is 2.01. The molecule has 1 N–H and O–H groups in total. The molecule has 0 aromatic heterocycles. The lowest BCUT2D eigenvalue weighted by atomic mass is 10.1.